The Morgan fingerprint density at radius 1 is 1.05 bits per heavy atom. The van der Waals surface area contributed by atoms with E-state index in [0.29, 0.717) is 31.7 Å². The van der Waals surface area contributed by atoms with Gasteiger partial charge >= 0.3 is 6.18 Å². The van der Waals surface area contributed by atoms with Gasteiger partial charge < -0.3 is 9.30 Å². The Morgan fingerprint density at radius 2 is 1.76 bits per heavy atom. The van der Waals surface area contributed by atoms with Crippen molar-refractivity contribution in [1.29, 1.82) is 0 Å². The zero-order valence-corrected chi connectivity index (χ0v) is 21.2. The summed E-state index contributed by atoms with van der Waals surface area (Å²) in [7, 11) is 0. The molecule has 1 saturated carbocycles. The van der Waals surface area contributed by atoms with Crippen LogP contribution >= 0.6 is 0 Å². The maximum Gasteiger partial charge on any atom is 0.425 e. The third kappa shape index (κ3) is 5.56. The van der Waals surface area contributed by atoms with E-state index in [-0.39, 0.29) is 13.0 Å². The largest absolute Gasteiger partial charge is 0.488 e. The minimum absolute atomic E-state index is 0.109. The second-order valence-electron chi connectivity index (χ2n) is 9.76. The molecule has 0 saturated heterocycles. The van der Waals surface area contributed by atoms with E-state index < -0.39 is 92.2 Å². The van der Waals surface area contributed by atoms with Gasteiger partial charge in [0, 0.05) is 30.5 Å². The van der Waals surface area contributed by atoms with Crippen LogP contribution in [0.3, 0.4) is 0 Å². The first-order chi connectivity index (χ1) is 19.8. The summed E-state index contributed by atoms with van der Waals surface area (Å²) in [6, 6.07) is 0.810. The molecule has 0 radical (unpaired) electrons. The molecule has 1 aliphatic carbocycles. The lowest BCUT2D eigenvalue weighted by Gasteiger charge is -2.30. The molecule has 0 bridgehead atoms. The molecule has 1 aliphatic rings. The SMILES string of the molecule is O=c1[nH]ncc(O[C@H]2CCC[C@@H](Cn3cc(F)c4cc(-c5ncc(C(F)F)cn5)c(F)c(F)c4c3=O)C2)c1C(F)(F)F. The number of halogens is 8. The smallest absolute Gasteiger partial charge is 0.425 e. The molecular weight excluding hydrogens is 582 g/mol. The van der Waals surface area contributed by atoms with Gasteiger partial charge in [-0.15, -0.1) is 0 Å². The summed E-state index contributed by atoms with van der Waals surface area (Å²) in [5.74, 6) is -6.06. The summed E-state index contributed by atoms with van der Waals surface area (Å²) in [6.45, 7) is -0.188. The van der Waals surface area contributed by atoms with Crippen molar-refractivity contribution in [3.63, 3.8) is 0 Å². The van der Waals surface area contributed by atoms with Gasteiger partial charge in [0.05, 0.1) is 28.8 Å². The number of rotatable bonds is 6. The maximum absolute atomic E-state index is 15.2. The first-order valence-electron chi connectivity index (χ1n) is 12.5. The van der Waals surface area contributed by atoms with E-state index in [1.807, 2.05) is 0 Å². The van der Waals surface area contributed by atoms with Gasteiger partial charge in [-0.2, -0.15) is 18.3 Å². The molecule has 3 heterocycles. The molecule has 3 aromatic heterocycles. The molecule has 1 aromatic carbocycles. The van der Waals surface area contributed by atoms with E-state index in [1.165, 1.54) is 0 Å². The van der Waals surface area contributed by atoms with Crippen molar-refractivity contribution in [2.45, 2.75) is 50.9 Å². The van der Waals surface area contributed by atoms with Crippen molar-refractivity contribution in [2.75, 3.05) is 0 Å². The standard InChI is InChI=1S/C26H19F8N5O3/c27-16-10-39(9-11-2-1-3-13(4-11)42-17-8-37-38-24(40)19(17)26(32,33)34)25(41)18-14(16)5-15(20(28)21(18)29)23-35-6-12(7-36-23)22(30)31/h5-8,10-11,13,22H,1-4,9H2,(H,38,40)/t11-,13+/m1/s1. The molecule has 16 heteroatoms. The van der Waals surface area contributed by atoms with Crippen LogP contribution < -0.4 is 15.9 Å². The first-order valence-corrected chi connectivity index (χ1v) is 12.5. The number of nitrogens with one attached hydrogen (secondary N) is 1. The fraction of sp³-hybridized carbons (Fsp3) is 0.346. The number of fused-ring (bicyclic) bond motifs is 1. The number of benzene rings is 1. The number of alkyl halides is 5. The second kappa shape index (κ2) is 11.1. The third-order valence-corrected chi connectivity index (χ3v) is 6.96. The van der Waals surface area contributed by atoms with E-state index >= 15 is 8.78 Å². The lowest BCUT2D eigenvalue weighted by molar-refractivity contribution is -0.140. The topological polar surface area (TPSA) is 103 Å². The average molecular weight is 601 g/mol. The molecule has 0 amide bonds. The van der Waals surface area contributed by atoms with Crippen molar-refractivity contribution < 1.29 is 39.9 Å². The average Bonchev–Trinajstić information content (AvgIpc) is 2.92. The molecule has 42 heavy (non-hydrogen) atoms. The minimum atomic E-state index is -5.00. The third-order valence-electron chi connectivity index (χ3n) is 6.96. The van der Waals surface area contributed by atoms with Gasteiger partial charge in [-0.05, 0) is 37.7 Å². The minimum Gasteiger partial charge on any atom is -0.488 e. The molecule has 8 nitrogen and oxygen atoms in total. The van der Waals surface area contributed by atoms with Crippen molar-refractivity contribution in [3.8, 4) is 17.1 Å². The van der Waals surface area contributed by atoms with Gasteiger partial charge in [0.2, 0.25) is 0 Å². The molecule has 1 fully saturated rings. The number of nitrogens with zero attached hydrogens (tertiary/aromatic N) is 4. The zero-order valence-electron chi connectivity index (χ0n) is 21.2. The molecule has 4 aromatic rings. The van der Waals surface area contributed by atoms with Crippen LogP contribution in [0.25, 0.3) is 22.2 Å². The molecular formula is C26H19F8N5O3. The number of aromatic nitrogens is 5. The van der Waals surface area contributed by atoms with Crippen LogP contribution in [-0.2, 0) is 12.7 Å². The van der Waals surface area contributed by atoms with Crippen LogP contribution in [0.5, 0.6) is 5.75 Å². The highest BCUT2D eigenvalue weighted by molar-refractivity contribution is 5.87. The Morgan fingerprint density at radius 3 is 2.43 bits per heavy atom. The quantitative estimate of drug-likeness (QED) is 0.291. The van der Waals surface area contributed by atoms with E-state index in [0.717, 1.165) is 23.0 Å². The van der Waals surface area contributed by atoms with Crippen LogP contribution in [0.15, 0.2) is 40.4 Å². The number of ether oxygens (including phenoxy) is 1. The van der Waals surface area contributed by atoms with Gasteiger partial charge in [0.1, 0.15) is 5.82 Å². The number of pyridine rings is 1. The predicted molar refractivity (Wildman–Crippen MR) is 130 cm³/mol. The maximum atomic E-state index is 15.2. The van der Waals surface area contributed by atoms with Crippen molar-refractivity contribution in [2.24, 2.45) is 5.92 Å². The summed E-state index contributed by atoms with van der Waals surface area (Å²) in [5, 5.41) is 3.59. The molecule has 0 unspecified atom stereocenters. The Hall–Kier alpha value is -4.37. The van der Waals surface area contributed by atoms with Gasteiger partial charge in [-0.1, -0.05) is 0 Å². The zero-order chi connectivity index (χ0) is 30.3. The Bertz CT molecular complexity index is 1760. The van der Waals surface area contributed by atoms with Crippen LogP contribution in [0.2, 0.25) is 0 Å². The van der Waals surface area contributed by atoms with E-state index in [1.54, 1.807) is 5.10 Å². The van der Waals surface area contributed by atoms with Gasteiger partial charge in [-0.25, -0.2) is 37.0 Å². The van der Waals surface area contributed by atoms with Gasteiger partial charge in [0.25, 0.3) is 17.5 Å². The number of H-pyrrole nitrogens is 1. The summed E-state index contributed by atoms with van der Waals surface area (Å²) in [6.07, 6.45) is -4.42. The second-order valence-corrected chi connectivity index (χ2v) is 9.76. The number of hydrogen-bond acceptors (Lipinski definition) is 6. The van der Waals surface area contributed by atoms with Crippen LogP contribution in [-0.4, -0.2) is 30.8 Å². The highest BCUT2D eigenvalue weighted by Crippen LogP contribution is 2.36. The molecule has 5 rings (SSSR count). The Labute approximate surface area is 230 Å². The first kappa shape index (κ1) is 29.1. The lowest BCUT2D eigenvalue weighted by Crippen LogP contribution is -2.32. The van der Waals surface area contributed by atoms with E-state index in [9.17, 15) is 35.9 Å². The van der Waals surface area contributed by atoms with Gasteiger partial charge in [-0.3, -0.25) is 9.59 Å². The number of hydrogen-bond donors (Lipinski definition) is 1. The van der Waals surface area contributed by atoms with Crippen molar-refractivity contribution in [3.05, 3.63) is 80.1 Å². The fourth-order valence-electron chi connectivity index (χ4n) is 5.03. The van der Waals surface area contributed by atoms with Crippen LogP contribution in [0.4, 0.5) is 35.1 Å². The normalized spacial score (nSPS) is 17.6. The summed E-state index contributed by atoms with van der Waals surface area (Å²) in [4.78, 5) is 32.0. The van der Waals surface area contributed by atoms with Crippen LogP contribution in [0, 0.1) is 23.4 Å². The van der Waals surface area contributed by atoms with E-state index in [4.69, 9.17) is 4.74 Å². The molecule has 0 spiro atoms. The summed E-state index contributed by atoms with van der Waals surface area (Å²) in [5.41, 5.74) is -5.29. The van der Waals surface area contributed by atoms with E-state index in [2.05, 4.69) is 15.1 Å². The predicted octanol–water partition coefficient (Wildman–Crippen LogP) is 5.55. The molecule has 0 aliphatic heterocycles. The summed E-state index contributed by atoms with van der Waals surface area (Å²) < 4.78 is 117. The summed E-state index contributed by atoms with van der Waals surface area (Å²) >= 11 is 0. The lowest BCUT2D eigenvalue weighted by atomic mass is 9.87. The monoisotopic (exact) mass is 601 g/mol. The highest BCUT2D eigenvalue weighted by atomic mass is 19.4. The molecule has 222 valence electrons. The molecule has 1 N–H and O–H groups in total. The Kier molecular flexibility index (Phi) is 7.72. The highest BCUT2D eigenvalue weighted by Gasteiger charge is 2.39. The fourth-order valence-corrected chi connectivity index (χ4v) is 5.03. The van der Waals surface area contributed by atoms with Crippen molar-refractivity contribution in [1.82, 2.24) is 24.7 Å². The van der Waals surface area contributed by atoms with Crippen LogP contribution in [0.1, 0.15) is 43.2 Å². The number of aromatic amines is 1. The molecule has 2 atom stereocenters. The van der Waals surface area contributed by atoms with Crippen molar-refractivity contribution >= 4 is 10.8 Å². The van der Waals surface area contributed by atoms with Gasteiger partial charge in [0.15, 0.2) is 28.8 Å². The Balaban J connectivity index is 1.42.